The van der Waals surface area contributed by atoms with E-state index < -0.39 is 0 Å². The predicted molar refractivity (Wildman–Crippen MR) is 79.3 cm³/mol. The Balaban J connectivity index is 1.82. The highest BCUT2D eigenvalue weighted by molar-refractivity contribution is 5.92. The van der Waals surface area contributed by atoms with Gasteiger partial charge >= 0.3 is 0 Å². The van der Waals surface area contributed by atoms with Crippen LogP contribution in [-0.2, 0) is 11.2 Å². The number of hydrogen-bond acceptors (Lipinski definition) is 2. The standard InChI is InChI=1S/C16H24N2O/c1-3-13-8-10-14(11-9-13)17-16(19)12-18(2)15-6-4-5-7-15/h8-11,15H,3-7,12H2,1-2H3,(H,17,19). The smallest absolute Gasteiger partial charge is 0.238 e. The zero-order valence-electron chi connectivity index (χ0n) is 12.0. The van der Waals surface area contributed by atoms with Gasteiger partial charge in [0.1, 0.15) is 0 Å². The molecule has 0 aromatic heterocycles. The Hall–Kier alpha value is -1.35. The van der Waals surface area contributed by atoms with E-state index in [2.05, 4.69) is 36.3 Å². The van der Waals surface area contributed by atoms with Crippen molar-refractivity contribution in [2.24, 2.45) is 0 Å². The quantitative estimate of drug-likeness (QED) is 0.882. The van der Waals surface area contributed by atoms with Crippen LogP contribution < -0.4 is 5.32 Å². The maximum Gasteiger partial charge on any atom is 0.238 e. The number of amides is 1. The van der Waals surface area contributed by atoms with Crippen LogP contribution in [0.5, 0.6) is 0 Å². The Labute approximate surface area is 116 Å². The molecule has 0 unspecified atom stereocenters. The first-order valence-corrected chi connectivity index (χ1v) is 7.28. The highest BCUT2D eigenvalue weighted by atomic mass is 16.2. The minimum absolute atomic E-state index is 0.0821. The summed E-state index contributed by atoms with van der Waals surface area (Å²) in [6, 6.07) is 8.68. The number of hydrogen-bond donors (Lipinski definition) is 1. The van der Waals surface area contributed by atoms with Crippen LogP contribution in [0.25, 0.3) is 0 Å². The molecular formula is C16H24N2O. The Kier molecular flexibility index (Phi) is 4.97. The molecule has 0 aliphatic heterocycles. The fourth-order valence-electron chi connectivity index (χ4n) is 2.72. The van der Waals surface area contributed by atoms with Crippen LogP contribution in [0.2, 0.25) is 0 Å². The van der Waals surface area contributed by atoms with Crippen LogP contribution in [0.1, 0.15) is 38.2 Å². The molecule has 1 aliphatic rings. The van der Waals surface area contributed by atoms with E-state index >= 15 is 0 Å². The van der Waals surface area contributed by atoms with Crippen molar-refractivity contribution in [1.82, 2.24) is 4.90 Å². The van der Waals surface area contributed by atoms with Gasteiger partial charge in [-0.3, -0.25) is 9.69 Å². The molecule has 0 heterocycles. The molecule has 1 aromatic carbocycles. The van der Waals surface area contributed by atoms with Crippen LogP contribution in [0.4, 0.5) is 5.69 Å². The summed E-state index contributed by atoms with van der Waals surface area (Å²) in [5, 5.41) is 2.97. The molecule has 0 spiro atoms. The third kappa shape index (κ3) is 4.06. The van der Waals surface area contributed by atoms with Crippen molar-refractivity contribution in [3.63, 3.8) is 0 Å². The fourth-order valence-corrected chi connectivity index (χ4v) is 2.72. The van der Waals surface area contributed by atoms with Gasteiger partial charge in [-0.1, -0.05) is 31.9 Å². The number of nitrogens with zero attached hydrogens (tertiary/aromatic N) is 1. The zero-order valence-corrected chi connectivity index (χ0v) is 12.0. The molecule has 0 atom stereocenters. The van der Waals surface area contributed by atoms with E-state index in [9.17, 15) is 4.79 Å². The predicted octanol–water partition coefficient (Wildman–Crippen LogP) is 3.06. The number of anilines is 1. The molecule has 19 heavy (non-hydrogen) atoms. The molecule has 3 heteroatoms. The monoisotopic (exact) mass is 260 g/mol. The van der Waals surface area contributed by atoms with E-state index in [0.29, 0.717) is 12.6 Å². The normalized spacial score (nSPS) is 15.9. The first-order chi connectivity index (χ1) is 9.19. The molecule has 1 fully saturated rings. The lowest BCUT2D eigenvalue weighted by Gasteiger charge is -2.23. The molecule has 1 aromatic rings. The summed E-state index contributed by atoms with van der Waals surface area (Å²) in [5.74, 6) is 0.0821. The summed E-state index contributed by atoms with van der Waals surface area (Å²) in [6.07, 6.45) is 6.09. The largest absolute Gasteiger partial charge is 0.325 e. The van der Waals surface area contributed by atoms with Gasteiger partial charge < -0.3 is 5.32 Å². The second-order valence-electron chi connectivity index (χ2n) is 5.45. The zero-order chi connectivity index (χ0) is 13.7. The van der Waals surface area contributed by atoms with E-state index in [0.717, 1.165) is 12.1 Å². The molecule has 0 radical (unpaired) electrons. The number of benzene rings is 1. The second-order valence-corrected chi connectivity index (χ2v) is 5.45. The van der Waals surface area contributed by atoms with Gasteiger partial charge in [-0.15, -0.1) is 0 Å². The average Bonchev–Trinajstić information content (AvgIpc) is 2.93. The lowest BCUT2D eigenvalue weighted by Crippen LogP contribution is -2.36. The molecule has 1 N–H and O–H groups in total. The Morgan fingerprint density at radius 2 is 1.89 bits per heavy atom. The van der Waals surface area contributed by atoms with E-state index in [4.69, 9.17) is 0 Å². The van der Waals surface area contributed by atoms with Gasteiger partial charge in [0.2, 0.25) is 5.91 Å². The summed E-state index contributed by atoms with van der Waals surface area (Å²) in [7, 11) is 2.05. The third-order valence-electron chi connectivity index (χ3n) is 3.99. The minimum Gasteiger partial charge on any atom is -0.325 e. The van der Waals surface area contributed by atoms with Crippen LogP contribution in [0, 0.1) is 0 Å². The van der Waals surface area contributed by atoms with Crippen molar-refractivity contribution < 1.29 is 4.79 Å². The number of likely N-dealkylation sites (N-methyl/N-ethyl adjacent to an activating group) is 1. The van der Waals surface area contributed by atoms with Crippen molar-refractivity contribution in [3.05, 3.63) is 29.8 Å². The first kappa shape index (κ1) is 14.1. The molecular weight excluding hydrogens is 236 g/mol. The van der Waals surface area contributed by atoms with Crippen LogP contribution in [0.15, 0.2) is 24.3 Å². The van der Waals surface area contributed by atoms with Gasteiger partial charge in [-0.05, 0) is 44.0 Å². The highest BCUT2D eigenvalue weighted by Gasteiger charge is 2.20. The Morgan fingerprint density at radius 1 is 1.26 bits per heavy atom. The molecule has 0 saturated heterocycles. The number of nitrogens with one attached hydrogen (secondary N) is 1. The topological polar surface area (TPSA) is 32.3 Å². The lowest BCUT2D eigenvalue weighted by atomic mass is 10.1. The number of carbonyl (C=O) groups is 1. The second kappa shape index (κ2) is 6.71. The van der Waals surface area contributed by atoms with Crippen LogP contribution >= 0.6 is 0 Å². The first-order valence-electron chi connectivity index (χ1n) is 7.28. The van der Waals surface area contributed by atoms with Crippen molar-refractivity contribution in [3.8, 4) is 0 Å². The van der Waals surface area contributed by atoms with Gasteiger partial charge in [0, 0.05) is 11.7 Å². The van der Waals surface area contributed by atoms with Gasteiger partial charge in [-0.2, -0.15) is 0 Å². The molecule has 1 saturated carbocycles. The molecule has 3 nitrogen and oxygen atoms in total. The summed E-state index contributed by atoms with van der Waals surface area (Å²) >= 11 is 0. The molecule has 2 rings (SSSR count). The molecule has 1 aliphatic carbocycles. The van der Waals surface area contributed by atoms with Gasteiger partial charge in [0.05, 0.1) is 6.54 Å². The average molecular weight is 260 g/mol. The van der Waals surface area contributed by atoms with Gasteiger partial charge in [-0.25, -0.2) is 0 Å². The Bertz CT molecular complexity index is 407. The maximum absolute atomic E-state index is 12.0. The molecule has 1 amide bonds. The van der Waals surface area contributed by atoms with E-state index in [1.54, 1.807) is 0 Å². The Morgan fingerprint density at radius 3 is 2.47 bits per heavy atom. The number of rotatable bonds is 5. The van der Waals surface area contributed by atoms with Crippen molar-refractivity contribution in [1.29, 1.82) is 0 Å². The van der Waals surface area contributed by atoms with Gasteiger partial charge in [0.15, 0.2) is 0 Å². The maximum atomic E-state index is 12.0. The third-order valence-corrected chi connectivity index (χ3v) is 3.99. The lowest BCUT2D eigenvalue weighted by molar-refractivity contribution is -0.117. The van der Waals surface area contributed by atoms with E-state index in [1.807, 2.05) is 12.1 Å². The van der Waals surface area contributed by atoms with Crippen molar-refractivity contribution in [2.75, 3.05) is 18.9 Å². The molecule has 0 bridgehead atoms. The molecule has 104 valence electrons. The van der Waals surface area contributed by atoms with Crippen LogP contribution in [0.3, 0.4) is 0 Å². The summed E-state index contributed by atoms with van der Waals surface area (Å²) in [5.41, 5.74) is 2.18. The number of carbonyl (C=O) groups excluding carboxylic acids is 1. The SMILES string of the molecule is CCc1ccc(NC(=O)CN(C)C2CCCC2)cc1. The minimum atomic E-state index is 0.0821. The van der Waals surface area contributed by atoms with Crippen molar-refractivity contribution >= 4 is 11.6 Å². The van der Waals surface area contributed by atoms with E-state index in [1.165, 1.54) is 31.2 Å². The van der Waals surface area contributed by atoms with E-state index in [-0.39, 0.29) is 5.91 Å². The summed E-state index contributed by atoms with van der Waals surface area (Å²) in [4.78, 5) is 14.2. The summed E-state index contributed by atoms with van der Waals surface area (Å²) in [6.45, 7) is 2.62. The van der Waals surface area contributed by atoms with Crippen LogP contribution in [-0.4, -0.2) is 30.4 Å². The summed E-state index contributed by atoms with van der Waals surface area (Å²) < 4.78 is 0. The highest BCUT2D eigenvalue weighted by Crippen LogP contribution is 2.22. The number of aryl methyl sites for hydroxylation is 1. The van der Waals surface area contributed by atoms with Crippen molar-refractivity contribution in [2.45, 2.75) is 45.1 Å². The fraction of sp³-hybridized carbons (Fsp3) is 0.562. The van der Waals surface area contributed by atoms with Gasteiger partial charge in [0.25, 0.3) is 0 Å².